The van der Waals surface area contributed by atoms with Gasteiger partial charge in [-0.15, -0.1) is 0 Å². The van der Waals surface area contributed by atoms with Gasteiger partial charge in [-0.3, -0.25) is 9.59 Å². The SMILES string of the molecule is Cc1cc(C)c(NC(=O)c2cccc(F)c2)c(C)c1NC(=O)c1cccc(F)c1. The molecule has 0 saturated carbocycles. The molecular weight excluding hydrogens is 374 g/mol. The van der Waals surface area contributed by atoms with E-state index in [-0.39, 0.29) is 11.1 Å². The lowest BCUT2D eigenvalue weighted by atomic mass is 10.0. The fourth-order valence-electron chi connectivity index (χ4n) is 3.20. The number of hydrogen-bond acceptors (Lipinski definition) is 2. The Bertz CT molecular complexity index is 1030. The van der Waals surface area contributed by atoms with Crippen LogP contribution in [-0.2, 0) is 0 Å². The highest BCUT2D eigenvalue weighted by molar-refractivity contribution is 6.08. The largest absolute Gasteiger partial charge is 0.321 e. The van der Waals surface area contributed by atoms with Crippen LogP contribution in [0.2, 0.25) is 0 Å². The van der Waals surface area contributed by atoms with Crippen molar-refractivity contribution in [3.63, 3.8) is 0 Å². The first-order valence-electron chi connectivity index (χ1n) is 9.01. The van der Waals surface area contributed by atoms with E-state index in [9.17, 15) is 18.4 Å². The van der Waals surface area contributed by atoms with Crippen LogP contribution in [0, 0.1) is 32.4 Å². The summed E-state index contributed by atoms with van der Waals surface area (Å²) in [7, 11) is 0. The smallest absolute Gasteiger partial charge is 0.255 e. The van der Waals surface area contributed by atoms with Crippen LogP contribution < -0.4 is 10.6 Å². The maximum atomic E-state index is 13.4. The third-order valence-corrected chi connectivity index (χ3v) is 4.62. The summed E-state index contributed by atoms with van der Waals surface area (Å²) in [6.45, 7) is 5.43. The van der Waals surface area contributed by atoms with Crippen LogP contribution in [0.5, 0.6) is 0 Å². The van der Waals surface area contributed by atoms with Crippen LogP contribution in [0.15, 0.2) is 54.6 Å². The van der Waals surface area contributed by atoms with Crippen LogP contribution >= 0.6 is 0 Å². The highest BCUT2D eigenvalue weighted by Crippen LogP contribution is 2.31. The molecule has 0 atom stereocenters. The first-order chi connectivity index (χ1) is 13.8. The zero-order valence-corrected chi connectivity index (χ0v) is 16.3. The Morgan fingerprint density at radius 1 is 0.690 bits per heavy atom. The topological polar surface area (TPSA) is 58.2 Å². The summed E-state index contributed by atoms with van der Waals surface area (Å²) in [5.74, 6) is -1.92. The molecule has 2 amide bonds. The number of amides is 2. The first kappa shape index (κ1) is 20.2. The fourth-order valence-corrected chi connectivity index (χ4v) is 3.20. The number of hydrogen-bond donors (Lipinski definition) is 2. The van der Waals surface area contributed by atoms with Gasteiger partial charge >= 0.3 is 0 Å². The molecule has 4 nitrogen and oxygen atoms in total. The molecule has 0 heterocycles. The lowest BCUT2D eigenvalue weighted by molar-refractivity contribution is 0.101. The first-order valence-corrected chi connectivity index (χ1v) is 9.01. The van der Waals surface area contributed by atoms with Crippen molar-refractivity contribution in [3.8, 4) is 0 Å². The van der Waals surface area contributed by atoms with E-state index in [0.717, 1.165) is 23.3 Å². The molecule has 0 unspecified atom stereocenters. The molecular formula is C23H20F2N2O2. The van der Waals surface area contributed by atoms with E-state index >= 15 is 0 Å². The van der Waals surface area contributed by atoms with Crippen molar-refractivity contribution >= 4 is 23.2 Å². The molecule has 0 fully saturated rings. The van der Waals surface area contributed by atoms with Crippen LogP contribution in [0.3, 0.4) is 0 Å². The predicted molar refractivity (Wildman–Crippen MR) is 109 cm³/mol. The van der Waals surface area contributed by atoms with Gasteiger partial charge in [-0.25, -0.2) is 8.78 Å². The lowest BCUT2D eigenvalue weighted by Crippen LogP contribution is -2.17. The minimum absolute atomic E-state index is 0.190. The number of carbonyl (C=O) groups is 2. The predicted octanol–water partition coefficient (Wildman–Crippen LogP) is 5.39. The van der Waals surface area contributed by atoms with Crippen LogP contribution in [0.25, 0.3) is 0 Å². The number of aryl methyl sites for hydroxylation is 2. The molecule has 0 bridgehead atoms. The highest BCUT2D eigenvalue weighted by Gasteiger charge is 2.17. The lowest BCUT2D eigenvalue weighted by Gasteiger charge is -2.19. The Kier molecular flexibility index (Phi) is 5.73. The molecule has 3 aromatic carbocycles. The Balaban J connectivity index is 1.92. The van der Waals surface area contributed by atoms with Crippen LogP contribution in [0.4, 0.5) is 20.2 Å². The van der Waals surface area contributed by atoms with Gasteiger partial charge in [-0.1, -0.05) is 18.2 Å². The highest BCUT2D eigenvalue weighted by atomic mass is 19.1. The van der Waals surface area contributed by atoms with Gasteiger partial charge in [0.1, 0.15) is 11.6 Å². The molecule has 0 saturated heterocycles. The Hall–Kier alpha value is -3.54. The summed E-state index contributed by atoms with van der Waals surface area (Å²) >= 11 is 0. The van der Waals surface area contributed by atoms with E-state index in [0.29, 0.717) is 16.9 Å². The summed E-state index contributed by atoms with van der Waals surface area (Å²) in [6.07, 6.45) is 0. The van der Waals surface area contributed by atoms with Gasteiger partial charge in [0.2, 0.25) is 0 Å². The summed E-state index contributed by atoms with van der Waals surface area (Å²) in [6, 6.07) is 12.6. The third-order valence-electron chi connectivity index (χ3n) is 4.62. The Morgan fingerprint density at radius 2 is 1.10 bits per heavy atom. The molecule has 6 heteroatoms. The number of carbonyl (C=O) groups excluding carboxylic acids is 2. The molecule has 3 aromatic rings. The van der Waals surface area contributed by atoms with Gasteiger partial charge in [0.25, 0.3) is 11.8 Å². The monoisotopic (exact) mass is 394 g/mol. The van der Waals surface area contributed by atoms with E-state index in [4.69, 9.17) is 0 Å². The maximum Gasteiger partial charge on any atom is 0.255 e. The van der Waals surface area contributed by atoms with Crippen LogP contribution in [-0.4, -0.2) is 11.8 Å². The maximum absolute atomic E-state index is 13.4. The minimum Gasteiger partial charge on any atom is -0.321 e. The molecule has 0 spiro atoms. The quantitative estimate of drug-likeness (QED) is 0.623. The van der Waals surface area contributed by atoms with Crippen molar-refractivity contribution in [3.05, 3.63) is 94.0 Å². The fraction of sp³-hybridized carbons (Fsp3) is 0.130. The molecule has 0 aromatic heterocycles. The number of rotatable bonds is 4. The molecule has 29 heavy (non-hydrogen) atoms. The molecule has 0 aliphatic rings. The van der Waals surface area contributed by atoms with Crippen molar-refractivity contribution in [2.45, 2.75) is 20.8 Å². The number of anilines is 2. The number of nitrogens with one attached hydrogen (secondary N) is 2. The average molecular weight is 394 g/mol. The molecule has 0 aliphatic carbocycles. The second-order valence-corrected chi connectivity index (χ2v) is 6.81. The normalized spacial score (nSPS) is 10.5. The van der Waals surface area contributed by atoms with Gasteiger partial charge in [-0.2, -0.15) is 0 Å². The van der Waals surface area contributed by atoms with E-state index in [1.165, 1.54) is 36.4 Å². The van der Waals surface area contributed by atoms with E-state index in [1.54, 1.807) is 6.92 Å². The van der Waals surface area contributed by atoms with Gasteiger partial charge in [0, 0.05) is 22.5 Å². The Labute approximate surface area is 167 Å². The van der Waals surface area contributed by atoms with Crippen molar-refractivity contribution in [1.82, 2.24) is 0 Å². The summed E-state index contributed by atoms with van der Waals surface area (Å²) < 4.78 is 26.8. The molecule has 2 N–H and O–H groups in total. The summed E-state index contributed by atoms with van der Waals surface area (Å²) in [5.41, 5.74) is 3.68. The van der Waals surface area contributed by atoms with E-state index in [2.05, 4.69) is 10.6 Å². The number of halogens is 2. The summed E-state index contributed by atoms with van der Waals surface area (Å²) in [4.78, 5) is 25.1. The zero-order chi connectivity index (χ0) is 21.1. The van der Waals surface area contributed by atoms with Crippen molar-refractivity contribution in [2.75, 3.05) is 10.6 Å². The molecule has 148 valence electrons. The van der Waals surface area contributed by atoms with Crippen molar-refractivity contribution in [2.24, 2.45) is 0 Å². The number of benzene rings is 3. The molecule has 0 radical (unpaired) electrons. The Morgan fingerprint density at radius 3 is 1.48 bits per heavy atom. The third kappa shape index (κ3) is 4.48. The van der Waals surface area contributed by atoms with Gasteiger partial charge in [0.15, 0.2) is 0 Å². The van der Waals surface area contributed by atoms with E-state index < -0.39 is 23.4 Å². The minimum atomic E-state index is -0.502. The molecule has 3 rings (SSSR count). The van der Waals surface area contributed by atoms with Crippen molar-refractivity contribution in [1.29, 1.82) is 0 Å². The second kappa shape index (κ2) is 8.22. The van der Waals surface area contributed by atoms with Gasteiger partial charge in [0.05, 0.1) is 0 Å². The zero-order valence-electron chi connectivity index (χ0n) is 16.3. The summed E-state index contributed by atoms with van der Waals surface area (Å²) in [5, 5.41) is 5.59. The van der Waals surface area contributed by atoms with Crippen LogP contribution in [0.1, 0.15) is 37.4 Å². The van der Waals surface area contributed by atoms with E-state index in [1.807, 2.05) is 19.9 Å². The van der Waals surface area contributed by atoms with Crippen molar-refractivity contribution < 1.29 is 18.4 Å². The molecule has 0 aliphatic heterocycles. The average Bonchev–Trinajstić information content (AvgIpc) is 2.68. The van der Waals surface area contributed by atoms with Gasteiger partial charge < -0.3 is 10.6 Å². The van der Waals surface area contributed by atoms with Gasteiger partial charge in [-0.05, 0) is 73.9 Å². The standard InChI is InChI=1S/C23H20F2N2O2/c1-13-10-14(2)21(27-23(29)17-7-5-9-19(25)12-17)15(3)20(13)26-22(28)16-6-4-8-18(24)11-16/h4-12H,1-3H3,(H,26,28)(H,27,29). The second-order valence-electron chi connectivity index (χ2n) is 6.81.